The summed E-state index contributed by atoms with van der Waals surface area (Å²) >= 11 is 5.86. The summed E-state index contributed by atoms with van der Waals surface area (Å²) in [5.74, 6) is 0.616. The Hall–Kier alpha value is -2.12. The number of halogens is 1. The first kappa shape index (κ1) is 13.8. The van der Waals surface area contributed by atoms with Gasteiger partial charge in [0.1, 0.15) is 10.7 Å². The van der Waals surface area contributed by atoms with E-state index in [0.29, 0.717) is 16.5 Å². The Kier molecular flexibility index (Phi) is 3.30. The predicted molar refractivity (Wildman–Crippen MR) is 80.0 cm³/mol. The number of rotatable bonds is 3. The average molecular weight is 323 g/mol. The zero-order chi connectivity index (χ0) is 15.0. The maximum atomic E-state index is 12.5. The molecule has 3 rings (SSSR count). The molecular weight excluding hydrogens is 312 g/mol. The molecule has 0 atom stereocenters. The molecule has 0 aliphatic carbocycles. The molecule has 0 spiro atoms. The van der Waals surface area contributed by atoms with Gasteiger partial charge in [-0.3, -0.25) is 9.12 Å². The van der Waals surface area contributed by atoms with Gasteiger partial charge < -0.3 is 0 Å². The molecule has 1 N–H and O–H groups in total. The Morgan fingerprint density at radius 1 is 1.19 bits per heavy atom. The molecule has 2 aromatic heterocycles. The first-order chi connectivity index (χ1) is 9.97. The average Bonchev–Trinajstić information content (AvgIpc) is 2.80. The van der Waals surface area contributed by atoms with Gasteiger partial charge in [0.25, 0.3) is 10.0 Å². The standard InChI is InChI=1S/C13H11ClN4O2S/c1-9-15-16-13-12(6-3-7-18(9)13)21(19,20)17-11-5-2-4-10(14)8-11/h2-8,17H,1H3. The molecule has 2 heterocycles. The van der Waals surface area contributed by atoms with Crippen molar-refractivity contribution < 1.29 is 8.42 Å². The summed E-state index contributed by atoms with van der Waals surface area (Å²) in [6, 6.07) is 9.61. The van der Waals surface area contributed by atoms with Crippen molar-refractivity contribution in [2.75, 3.05) is 4.72 Å². The second kappa shape index (κ2) is 5.01. The second-order valence-electron chi connectivity index (χ2n) is 4.43. The summed E-state index contributed by atoms with van der Waals surface area (Å²) in [5, 5.41) is 8.25. The van der Waals surface area contributed by atoms with Gasteiger partial charge in [-0.15, -0.1) is 10.2 Å². The molecule has 3 aromatic rings. The smallest absolute Gasteiger partial charge is 0.265 e. The number of fused-ring (bicyclic) bond motifs is 1. The quantitative estimate of drug-likeness (QED) is 0.803. The monoisotopic (exact) mass is 322 g/mol. The van der Waals surface area contributed by atoms with Crippen LogP contribution in [0, 0.1) is 6.92 Å². The molecule has 0 amide bonds. The number of aryl methyl sites for hydroxylation is 1. The Morgan fingerprint density at radius 2 is 2.00 bits per heavy atom. The van der Waals surface area contributed by atoms with E-state index >= 15 is 0 Å². The second-order valence-corrected chi connectivity index (χ2v) is 6.52. The summed E-state index contributed by atoms with van der Waals surface area (Å²) in [7, 11) is -3.78. The predicted octanol–water partition coefficient (Wildman–Crippen LogP) is 2.49. The van der Waals surface area contributed by atoms with Gasteiger partial charge in [0, 0.05) is 11.2 Å². The van der Waals surface area contributed by atoms with E-state index in [1.807, 2.05) is 0 Å². The number of hydrogen-bond donors (Lipinski definition) is 1. The van der Waals surface area contributed by atoms with Crippen LogP contribution in [0.2, 0.25) is 5.02 Å². The van der Waals surface area contributed by atoms with Crippen molar-refractivity contribution in [3.63, 3.8) is 0 Å². The summed E-state index contributed by atoms with van der Waals surface area (Å²) in [4.78, 5) is 0.0607. The van der Waals surface area contributed by atoms with Crippen molar-refractivity contribution in [3.8, 4) is 0 Å². The van der Waals surface area contributed by atoms with Crippen LogP contribution >= 0.6 is 11.6 Å². The minimum Gasteiger partial charge on any atom is -0.286 e. The molecule has 0 fully saturated rings. The van der Waals surface area contributed by atoms with Crippen molar-refractivity contribution in [2.45, 2.75) is 11.8 Å². The van der Waals surface area contributed by atoms with Crippen LogP contribution in [-0.2, 0) is 10.0 Å². The molecule has 1 aromatic carbocycles. The minimum absolute atomic E-state index is 0.0607. The first-order valence-corrected chi connectivity index (χ1v) is 7.92. The van der Waals surface area contributed by atoms with E-state index in [9.17, 15) is 8.42 Å². The van der Waals surface area contributed by atoms with Crippen LogP contribution < -0.4 is 4.72 Å². The van der Waals surface area contributed by atoms with Crippen molar-refractivity contribution in [2.24, 2.45) is 0 Å². The molecule has 8 heteroatoms. The summed E-state index contributed by atoms with van der Waals surface area (Å²) < 4.78 is 29.1. The number of aromatic nitrogens is 3. The van der Waals surface area contributed by atoms with Crippen molar-refractivity contribution >= 4 is 33.0 Å². The van der Waals surface area contributed by atoms with Crippen LogP contribution in [0.4, 0.5) is 5.69 Å². The zero-order valence-corrected chi connectivity index (χ0v) is 12.6. The van der Waals surface area contributed by atoms with E-state index < -0.39 is 10.0 Å². The third-order valence-electron chi connectivity index (χ3n) is 2.94. The van der Waals surface area contributed by atoms with Crippen LogP contribution in [0.3, 0.4) is 0 Å². The number of nitrogens with zero attached hydrogens (tertiary/aromatic N) is 3. The Labute approximate surface area is 126 Å². The third kappa shape index (κ3) is 2.57. The fraction of sp³-hybridized carbons (Fsp3) is 0.0769. The van der Waals surface area contributed by atoms with Crippen LogP contribution in [0.5, 0.6) is 0 Å². The Balaban J connectivity index is 2.08. The topological polar surface area (TPSA) is 76.4 Å². The highest BCUT2D eigenvalue weighted by molar-refractivity contribution is 7.93. The number of hydrogen-bond acceptors (Lipinski definition) is 4. The van der Waals surface area contributed by atoms with Crippen molar-refractivity contribution in [1.29, 1.82) is 0 Å². The van der Waals surface area contributed by atoms with Crippen molar-refractivity contribution in [1.82, 2.24) is 14.6 Å². The van der Waals surface area contributed by atoms with E-state index in [1.165, 1.54) is 12.1 Å². The van der Waals surface area contributed by atoms with Crippen LogP contribution in [0.25, 0.3) is 5.65 Å². The lowest BCUT2D eigenvalue weighted by Crippen LogP contribution is -2.14. The SMILES string of the molecule is Cc1nnc2c(S(=O)(=O)Nc3cccc(Cl)c3)cccn12. The van der Waals surface area contributed by atoms with Crippen LogP contribution in [-0.4, -0.2) is 23.0 Å². The van der Waals surface area contributed by atoms with E-state index in [-0.39, 0.29) is 10.5 Å². The number of sulfonamides is 1. The summed E-state index contributed by atoms with van der Waals surface area (Å²) in [6.45, 7) is 1.75. The Bertz CT molecular complexity index is 921. The van der Waals surface area contributed by atoms with Gasteiger partial charge in [-0.1, -0.05) is 17.7 Å². The molecule has 0 bridgehead atoms. The molecule has 0 saturated heterocycles. The van der Waals surface area contributed by atoms with Gasteiger partial charge in [-0.25, -0.2) is 8.42 Å². The lowest BCUT2D eigenvalue weighted by atomic mass is 10.3. The van der Waals surface area contributed by atoms with Crippen LogP contribution in [0.15, 0.2) is 47.5 Å². The van der Waals surface area contributed by atoms with E-state index in [1.54, 1.807) is 41.8 Å². The molecular formula is C13H11ClN4O2S. The Morgan fingerprint density at radius 3 is 2.76 bits per heavy atom. The zero-order valence-electron chi connectivity index (χ0n) is 11.0. The van der Waals surface area contributed by atoms with E-state index in [2.05, 4.69) is 14.9 Å². The number of pyridine rings is 1. The van der Waals surface area contributed by atoms with Gasteiger partial charge in [0.2, 0.25) is 0 Å². The minimum atomic E-state index is -3.78. The highest BCUT2D eigenvalue weighted by Gasteiger charge is 2.20. The van der Waals surface area contributed by atoms with Gasteiger partial charge >= 0.3 is 0 Å². The van der Waals surface area contributed by atoms with Gasteiger partial charge in [-0.05, 0) is 37.3 Å². The number of anilines is 1. The fourth-order valence-electron chi connectivity index (χ4n) is 1.98. The van der Waals surface area contributed by atoms with Crippen molar-refractivity contribution in [3.05, 3.63) is 53.4 Å². The highest BCUT2D eigenvalue weighted by Crippen LogP contribution is 2.21. The number of nitrogens with one attached hydrogen (secondary N) is 1. The molecule has 0 saturated carbocycles. The van der Waals surface area contributed by atoms with Gasteiger partial charge in [0.15, 0.2) is 5.65 Å². The summed E-state index contributed by atoms with van der Waals surface area (Å²) in [5.41, 5.74) is 0.672. The summed E-state index contributed by atoms with van der Waals surface area (Å²) in [6.07, 6.45) is 1.71. The normalized spacial score (nSPS) is 11.7. The largest absolute Gasteiger partial charge is 0.286 e. The third-order valence-corrected chi connectivity index (χ3v) is 4.57. The lowest BCUT2D eigenvalue weighted by molar-refractivity contribution is 0.601. The lowest BCUT2D eigenvalue weighted by Gasteiger charge is -2.09. The molecule has 0 unspecified atom stereocenters. The first-order valence-electron chi connectivity index (χ1n) is 6.06. The maximum Gasteiger partial charge on any atom is 0.265 e. The highest BCUT2D eigenvalue weighted by atomic mass is 35.5. The number of benzene rings is 1. The van der Waals surface area contributed by atoms with E-state index in [0.717, 1.165) is 0 Å². The van der Waals surface area contributed by atoms with Gasteiger partial charge in [0.05, 0.1) is 5.69 Å². The molecule has 21 heavy (non-hydrogen) atoms. The molecule has 0 aliphatic heterocycles. The van der Waals surface area contributed by atoms with Gasteiger partial charge in [-0.2, -0.15) is 0 Å². The molecule has 108 valence electrons. The molecule has 0 aliphatic rings. The van der Waals surface area contributed by atoms with E-state index in [4.69, 9.17) is 11.6 Å². The molecule has 6 nitrogen and oxygen atoms in total. The maximum absolute atomic E-state index is 12.5. The molecule has 0 radical (unpaired) electrons. The van der Waals surface area contributed by atoms with Crippen LogP contribution in [0.1, 0.15) is 5.82 Å². The fourth-order valence-corrected chi connectivity index (χ4v) is 3.35.